The van der Waals surface area contributed by atoms with E-state index >= 15 is 0 Å². The lowest BCUT2D eigenvalue weighted by Gasteiger charge is -2.26. The van der Waals surface area contributed by atoms with E-state index in [1.165, 1.54) is 0 Å². The first-order valence-electron chi connectivity index (χ1n) is 13.9. The number of hydrogen-bond acceptors (Lipinski definition) is 7. The summed E-state index contributed by atoms with van der Waals surface area (Å²) in [5.41, 5.74) is 1.59. The maximum Gasteiger partial charge on any atom is 0.415 e. The number of ether oxygens (including phenoxy) is 2. The number of nitrogens with one attached hydrogen (secondary N) is 1. The lowest BCUT2D eigenvalue weighted by Crippen LogP contribution is -2.47. The molecule has 8 heteroatoms. The number of aromatic nitrogens is 1. The van der Waals surface area contributed by atoms with E-state index < -0.39 is 5.41 Å². The summed E-state index contributed by atoms with van der Waals surface area (Å²) < 4.78 is 11.7. The van der Waals surface area contributed by atoms with Crippen molar-refractivity contribution in [2.24, 2.45) is 5.41 Å². The lowest BCUT2D eigenvalue weighted by molar-refractivity contribution is -0.133. The zero-order valence-corrected chi connectivity index (χ0v) is 22.7. The quantitative estimate of drug-likeness (QED) is 0.289. The van der Waals surface area contributed by atoms with Crippen LogP contribution in [0, 0.1) is 5.41 Å². The molecule has 0 unspecified atom stereocenters. The Morgan fingerprint density at radius 3 is 2.15 bits per heavy atom. The minimum atomic E-state index is -0.834. The number of nitrogens with zero attached hydrogens (tertiary/aromatic N) is 2. The molecule has 3 aromatic carbocycles. The number of hydrogen-bond donors (Lipinski definition) is 1. The SMILES string of the molecule is O=C(Oc1ccc2c(Oc3ccc(CC(=O)C4(C(=O)Cc5ccccc5)CC4)cc3)ccnc2c1)N1CCNCC1. The maximum absolute atomic E-state index is 13.1. The summed E-state index contributed by atoms with van der Waals surface area (Å²) in [6.07, 6.45) is 3.04. The highest BCUT2D eigenvalue weighted by atomic mass is 16.6. The van der Waals surface area contributed by atoms with Crippen molar-refractivity contribution in [3.8, 4) is 17.2 Å². The van der Waals surface area contributed by atoms with Gasteiger partial charge in [-0.25, -0.2) is 4.79 Å². The Kier molecular flexibility index (Phi) is 7.48. The molecule has 6 rings (SSSR count). The number of fused-ring (bicyclic) bond motifs is 1. The Morgan fingerprint density at radius 1 is 0.805 bits per heavy atom. The summed E-state index contributed by atoms with van der Waals surface area (Å²) in [5.74, 6) is 1.66. The summed E-state index contributed by atoms with van der Waals surface area (Å²) in [5, 5.41) is 3.99. The van der Waals surface area contributed by atoms with Gasteiger partial charge >= 0.3 is 6.09 Å². The molecule has 2 aliphatic rings. The van der Waals surface area contributed by atoms with Gasteiger partial charge in [-0.1, -0.05) is 42.5 Å². The molecule has 208 valence electrons. The normalized spacial score (nSPS) is 15.8. The van der Waals surface area contributed by atoms with E-state index in [0.29, 0.717) is 55.1 Å². The van der Waals surface area contributed by atoms with E-state index in [2.05, 4.69) is 10.3 Å². The smallest absolute Gasteiger partial charge is 0.415 e. The molecule has 1 aliphatic heterocycles. The van der Waals surface area contributed by atoms with Gasteiger partial charge in [0, 0.05) is 56.7 Å². The fraction of sp³-hybridized carbons (Fsp3) is 0.273. The second-order valence-corrected chi connectivity index (χ2v) is 10.6. The van der Waals surface area contributed by atoms with Crippen molar-refractivity contribution in [2.45, 2.75) is 25.7 Å². The molecule has 0 atom stereocenters. The van der Waals surface area contributed by atoms with Crippen molar-refractivity contribution in [3.05, 3.63) is 96.2 Å². The summed E-state index contributed by atoms with van der Waals surface area (Å²) in [7, 11) is 0. The molecule has 0 radical (unpaired) electrons. The third kappa shape index (κ3) is 5.98. The number of benzene rings is 3. The van der Waals surface area contributed by atoms with Gasteiger partial charge in [-0.05, 0) is 54.3 Å². The minimum Gasteiger partial charge on any atom is -0.457 e. The molecule has 1 aliphatic carbocycles. The molecule has 41 heavy (non-hydrogen) atoms. The molecule has 1 amide bonds. The van der Waals surface area contributed by atoms with Gasteiger partial charge < -0.3 is 19.7 Å². The Morgan fingerprint density at radius 2 is 1.46 bits per heavy atom. The molecule has 0 bridgehead atoms. The number of carbonyl (C=O) groups is 3. The van der Waals surface area contributed by atoms with Crippen LogP contribution < -0.4 is 14.8 Å². The largest absolute Gasteiger partial charge is 0.457 e. The van der Waals surface area contributed by atoms with Gasteiger partial charge in [-0.15, -0.1) is 0 Å². The number of carbonyl (C=O) groups excluding carboxylic acids is 3. The first-order valence-corrected chi connectivity index (χ1v) is 13.9. The van der Waals surface area contributed by atoms with Crippen molar-refractivity contribution in [3.63, 3.8) is 0 Å². The van der Waals surface area contributed by atoms with Gasteiger partial charge in [0.2, 0.25) is 0 Å². The zero-order chi connectivity index (χ0) is 28.2. The van der Waals surface area contributed by atoms with Gasteiger partial charge in [0.05, 0.1) is 10.9 Å². The van der Waals surface area contributed by atoms with Crippen molar-refractivity contribution in [1.82, 2.24) is 15.2 Å². The highest BCUT2D eigenvalue weighted by molar-refractivity contribution is 6.10. The van der Waals surface area contributed by atoms with Crippen LogP contribution >= 0.6 is 0 Å². The van der Waals surface area contributed by atoms with E-state index in [-0.39, 0.29) is 24.1 Å². The predicted octanol–water partition coefficient (Wildman–Crippen LogP) is 5.13. The molecule has 0 spiro atoms. The molecule has 1 aromatic heterocycles. The lowest BCUT2D eigenvalue weighted by atomic mass is 9.88. The monoisotopic (exact) mass is 549 g/mol. The van der Waals surface area contributed by atoms with Crippen LogP contribution in [0.1, 0.15) is 24.0 Å². The summed E-state index contributed by atoms with van der Waals surface area (Å²) >= 11 is 0. The third-order valence-corrected chi connectivity index (χ3v) is 7.80. The Bertz CT molecular complexity index is 1580. The molecule has 1 N–H and O–H groups in total. The fourth-order valence-corrected chi connectivity index (χ4v) is 5.21. The van der Waals surface area contributed by atoms with Crippen LogP contribution in [-0.2, 0) is 22.4 Å². The topological polar surface area (TPSA) is 97.8 Å². The second kappa shape index (κ2) is 11.5. The standard InChI is InChI=1S/C33H31N3O5/c37-30(20-23-4-2-1-3-5-23)33(13-14-33)31(38)21-24-6-8-25(9-7-24)40-29-12-15-35-28-22-26(10-11-27(28)29)41-32(39)36-18-16-34-17-19-36/h1-12,15,22,34H,13-14,16-21H2. The molecular weight excluding hydrogens is 518 g/mol. The third-order valence-electron chi connectivity index (χ3n) is 7.80. The average molecular weight is 550 g/mol. The number of piperazine rings is 1. The Hall–Kier alpha value is -4.56. The summed E-state index contributed by atoms with van der Waals surface area (Å²) in [6.45, 7) is 2.73. The van der Waals surface area contributed by atoms with Gasteiger partial charge in [0.15, 0.2) is 11.6 Å². The van der Waals surface area contributed by atoms with Crippen LogP contribution in [0.25, 0.3) is 10.9 Å². The molecule has 8 nitrogen and oxygen atoms in total. The molecular formula is C33H31N3O5. The van der Waals surface area contributed by atoms with Gasteiger partial charge in [0.1, 0.15) is 17.2 Å². The van der Waals surface area contributed by atoms with Gasteiger partial charge in [-0.2, -0.15) is 0 Å². The van der Waals surface area contributed by atoms with Crippen molar-refractivity contribution >= 4 is 28.6 Å². The van der Waals surface area contributed by atoms with Crippen molar-refractivity contribution in [2.75, 3.05) is 26.2 Å². The predicted molar refractivity (Wildman–Crippen MR) is 154 cm³/mol. The molecule has 4 aromatic rings. The molecule has 2 fully saturated rings. The van der Waals surface area contributed by atoms with E-state index in [1.807, 2.05) is 60.7 Å². The maximum atomic E-state index is 13.1. The molecule has 1 saturated carbocycles. The number of rotatable bonds is 9. The van der Waals surface area contributed by atoms with Crippen molar-refractivity contribution in [1.29, 1.82) is 0 Å². The summed E-state index contributed by atoms with van der Waals surface area (Å²) in [4.78, 5) is 44.7. The number of pyridine rings is 1. The summed E-state index contributed by atoms with van der Waals surface area (Å²) in [6, 6.07) is 24.0. The van der Waals surface area contributed by atoms with Gasteiger partial charge in [-0.3, -0.25) is 14.6 Å². The highest BCUT2D eigenvalue weighted by Crippen LogP contribution is 2.48. The van der Waals surface area contributed by atoms with E-state index in [0.717, 1.165) is 29.6 Å². The van der Waals surface area contributed by atoms with Crippen LogP contribution in [0.4, 0.5) is 4.79 Å². The van der Waals surface area contributed by atoms with Gasteiger partial charge in [0.25, 0.3) is 0 Å². The number of amides is 1. The number of Topliss-reactive ketones (excluding diaryl/α,β-unsaturated/α-hetero) is 2. The fourth-order valence-electron chi connectivity index (χ4n) is 5.21. The Balaban J connectivity index is 1.09. The van der Waals surface area contributed by atoms with E-state index in [9.17, 15) is 14.4 Å². The van der Waals surface area contributed by atoms with E-state index in [1.54, 1.807) is 29.3 Å². The van der Waals surface area contributed by atoms with Crippen LogP contribution in [0.5, 0.6) is 17.2 Å². The van der Waals surface area contributed by atoms with Crippen LogP contribution in [0.2, 0.25) is 0 Å². The minimum absolute atomic E-state index is 0.0133. The zero-order valence-electron chi connectivity index (χ0n) is 22.7. The van der Waals surface area contributed by atoms with E-state index in [4.69, 9.17) is 9.47 Å². The first kappa shape index (κ1) is 26.7. The van der Waals surface area contributed by atoms with Crippen molar-refractivity contribution < 1.29 is 23.9 Å². The first-order chi connectivity index (χ1) is 20.0. The average Bonchev–Trinajstić information content (AvgIpc) is 3.82. The second-order valence-electron chi connectivity index (χ2n) is 10.6. The van der Waals surface area contributed by atoms with Crippen LogP contribution in [0.3, 0.4) is 0 Å². The molecule has 1 saturated heterocycles. The Labute approximate surface area is 238 Å². The van der Waals surface area contributed by atoms with Crippen LogP contribution in [-0.4, -0.2) is 53.7 Å². The van der Waals surface area contributed by atoms with Crippen LogP contribution in [0.15, 0.2) is 85.1 Å². The number of ketones is 2. The highest BCUT2D eigenvalue weighted by Gasteiger charge is 2.54. The molecule has 2 heterocycles.